The zero-order chi connectivity index (χ0) is 21.5. The summed E-state index contributed by atoms with van der Waals surface area (Å²) in [5, 5.41) is 9.16. The Morgan fingerprint density at radius 3 is 2.70 bits per heavy atom. The number of rotatable bonds is 8. The summed E-state index contributed by atoms with van der Waals surface area (Å²) in [7, 11) is 3.71. The van der Waals surface area contributed by atoms with Crippen molar-refractivity contribution in [2.24, 2.45) is 5.92 Å². The van der Waals surface area contributed by atoms with Gasteiger partial charge in [0, 0.05) is 30.1 Å². The number of anilines is 1. The molecule has 8 heteroatoms. The highest BCUT2D eigenvalue weighted by molar-refractivity contribution is 7.09. The second kappa shape index (κ2) is 10.7. The Balaban J connectivity index is 1.42. The molecule has 0 unspecified atom stereocenters. The van der Waals surface area contributed by atoms with Gasteiger partial charge in [0.05, 0.1) is 17.2 Å². The first-order valence-corrected chi connectivity index (χ1v) is 11.2. The van der Waals surface area contributed by atoms with Crippen molar-refractivity contribution in [3.8, 4) is 0 Å². The van der Waals surface area contributed by atoms with Crippen LogP contribution in [0.25, 0.3) is 0 Å². The summed E-state index contributed by atoms with van der Waals surface area (Å²) in [4.78, 5) is 33.3. The first-order chi connectivity index (χ1) is 14.4. The number of likely N-dealkylation sites (N-methyl/N-ethyl adjacent to an activating group) is 1. The van der Waals surface area contributed by atoms with E-state index in [0.717, 1.165) is 54.4 Å². The number of nitrogens with one attached hydrogen (secondary N) is 2. The van der Waals surface area contributed by atoms with E-state index < -0.39 is 0 Å². The molecule has 0 spiro atoms. The molecule has 0 aliphatic carbocycles. The Hall–Kier alpha value is -2.29. The number of aryl methyl sites for hydroxylation is 1. The maximum absolute atomic E-state index is 12.6. The number of piperidine rings is 1. The molecule has 7 nitrogen and oxygen atoms in total. The smallest absolute Gasteiger partial charge is 0.238 e. The maximum Gasteiger partial charge on any atom is 0.238 e. The summed E-state index contributed by atoms with van der Waals surface area (Å²) in [6.07, 6.45) is 1.74. The fourth-order valence-corrected chi connectivity index (χ4v) is 4.25. The highest BCUT2D eigenvalue weighted by Gasteiger charge is 2.25. The molecule has 0 atom stereocenters. The van der Waals surface area contributed by atoms with Gasteiger partial charge >= 0.3 is 0 Å². The molecule has 1 fully saturated rings. The largest absolute Gasteiger partial charge is 0.352 e. The van der Waals surface area contributed by atoms with Gasteiger partial charge in [-0.2, -0.15) is 0 Å². The second-order valence-corrected chi connectivity index (χ2v) is 9.17. The van der Waals surface area contributed by atoms with Crippen LogP contribution in [0.2, 0.25) is 0 Å². The van der Waals surface area contributed by atoms with Crippen molar-refractivity contribution in [2.75, 3.05) is 39.0 Å². The van der Waals surface area contributed by atoms with Gasteiger partial charge in [-0.15, -0.1) is 11.3 Å². The number of benzene rings is 1. The number of nitrogens with zero attached hydrogens (tertiary/aromatic N) is 3. The minimum absolute atomic E-state index is 0.0549. The van der Waals surface area contributed by atoms with Crippen LogP contribution in [0.15, 0.2) is 29.6 Å². The van der Waals surface area contributed by atoms with Crippen molar-refractivity contribution in [3.05, 3.63) is 45.9 Å². The Kier molecular flexibility index (Phi) is 7.95. The average Bonchev–Trinajstić information content (AvgIpc) is 3.11. The highest BCUT2D eigenvalue weighted by Crippen LogP contribution is 2.20. The third-order valence-corrected chi connectivity index (χ3v) is 5.97. The number of hydrogen-bond acceptors (Lipinski definition) is 6. The highest BCUT2D eigenvalue weighted by atomic mass is 32.1. The Labute approximate surface area is 182 Å². The predicted molar refractivity (Wildman–Crippen MR) is 120 cm³/mol. The third kappa shape index (κ3) is 6.90. The van der Waals surface area contributed by atoms with Gasteiger partial charge in [-0.1, -0.05) is 12.1 Å². The molecule has 1 aromatic heterocycles. The lowest BCUT2D eigenvalue weighted by Gasteiger charge is -2.30. The molecule has 0 saturated carbocycles. The summed E-state index contributed by atoms with van der Waals surface area (Å²) in [6.45, 7) is 5.53. The van der Waals surface area contributed by atoms with Crippen molar-refractivity contribution in [1.29, 1.82) is 0 Å². The maximum atomic E-state index is 12.6. The Morgan fingerprint density at radius 1 is 1.27 bits per heavy atom. The van der Waals surface area contributed by atoms with E-state index in [2.05, 4.69) is 25.9 Å². The third-order valence-electron chi connectivity index (χ3n) is 5.15. The lowest BCUT2D eigenvalue weighted by atomic mass is 9.95. The molecule has 0 radical (unpaired) electrons. The zero-order valence-corrected chi connectivity index (χ0v) is 18.8. The molecule has 1 aliphatic rings. The van der Waals surface area contributed by atoms with Crippen molar-refractivity contribution in [2.45, 2.75) is 32.9 Å². The van der Waals surface area contributed by atoms with Crippen LogP contribution in [0.1, 0.15) is 29.1 Å². The van der Waals surface area contributed by atoms with E-state index in [4.69, 9.17) is 0 Å². The number of carbonyl (C=O) groups is 2. The number of hydrogen-bond donors (Lipinski definition) is 2. The zero-order valence-electron chi connectivity index (χ0n) is 18.0. The molecular formula is C22H31N5O2S. The molecule has 2 amide bonds. The first-order valence-electron chi connectivity index (χ1n) is 10.3. The Morgan fingerprint density at radius 2 is 2.03 bits per heavy atom. The van der Waals surface area contributed by atoms with Crippen molar-refractivity contribution in [3.63, 3.8) is 0 Å². The second-order valence-electron chi connectivity index (χ2n) is 8.11. The van der Waals surface area contributed by atoms with Crippen LogP contribution >= 0.6 is 11.3 Å². The van der Waals surface area contributed by atoms with E-state index >= 15 is 0 Å². The number of aromatic nitrogens is 1. The van der Waals surface area contributed by atoms with Crippen LogP contribution in [-0.4, -0.2) is 60.3 Å². The van der Waals surface area contributed by atoms with E-state index in [1.54, 1.807) is 11.3 Å². The summed E-state index contributed by atoms with van der Waals surface area (Å²) < 4.78 is 0. The summed E-state index contributed by atoms with van der Waals surface area (Å²) in [6, 6.07) is 7.62. The molecular weight excluding hydrogens is 398 g/mol. The summed E-state index contributed by atoms with van der Waals surface area (Å²) in [5.74, 6) is 0.114. The monoisotopic (exact) mass is 429 g/mol. The van der Waals surface area contributed by atoms with E-state index in [0.29, 0.717) is 13.1 Å². The standard InChI is InChI=1S/C22H31N5O2S/c1-16-24-20(15-30-16)13-27-9-7-18(8-10-27)22(29)23-12-17-5-4-6-19(11-17)25-21(28)14-26(2)3/h4-6,11,15,18H,7-10,12-14H2,1-3H3,(H,23,29)(H,25,28). The molecule has 2 aromatic rings. The van der Waals surface area contributed by atoms with Crippen LogP contribution in [0.3, 0.4) is 0 Å². The van der Waals surface area contributed by atoms with Crippen molar-refractivity contribution >= 4 is 28.8 Å². The van der Waals surface area contributed by atoms with Gasteiger partial charge in [0.15, 0.2) is 0 Å². The Bertz CT molecular complexity index is 859. The van der Waals surface area contributed by atoms with E-state index in [1.165, 1.54) is 0 Å². The minimum atomic E-state index is -0.0549. The molecule has 30 heavy (non-hydrogen) atoms. The van der Waals surface area contributed by atoms with Crippen LogP contribution in [0.4, 0.5) is 5.69 Å². The molecule has 1 aliphatic heterocycles. The number of carbonyl (C=O) groups excluding carboxylic acids is 2. The molecule has 2 heterocycles. The van der Waals surface area contributed by atoms with Gasteiger partial charge in [-0.05, 0) is 64.6 Å². The first kappa shape index (κ1) is 22.4. The minimum Gasteiger partial charge on any atom is -0.352 e. The summed E-state index contributed by atoms with van der Waals surface area (Å²) >= 11 is 1.68. The van der Waals surface area contributed by atoms with Gasteiger partial charge in [0.1, 0.15) is 0 Å². The van der Waals surface area contributed by atoms with Crippen LogP contribution in [-0.2, 0) is 22.7 Å². The topological polar surface area (TPSA) is 77.6 Å². The van der Waals surface area contributed by atoms with Gasteiger partial charge in [0.2, 0.25) is 11.8 Å². The molecule has 1 aromatic carbocycles. The fourth-order valence-electron chi connectivity index (χ4n) is 3.64. The lowest BCUT2D eigenvalue weighted by Crippen LogP contribution is -2.40. The molecule has 0 bridgehead atoms. The van der Waals surface area contributed by atoms with Crippen LogP contribution < -0.4 is 10.6 Å². The van der Waals surface area contributed by atoms with Crippen LogP contribution in [0, 0.1) is 12.8 Å². The molecule has 2 N–H and O–H groups in total. The SMILES string of the molecule is Cc1nc(CN2CCC(C(=O)NCc3cccc(NC(=O)CN(C)C)c3)CC2)cs1. The number of amides is 2. The molecule has 162 valence electrons. The van der Waals surface area contributed by atoms with E-state index in [-0.39, 0.29) is 17.7 Å². The van der Waals surface area contributed by atoms with Crippen molar-refractivity contribution in [1.82, 2.24) is 20.1 Å². The lowest BCUT2D eigenvalue weighted by molar-refractivity contribution is -0.126. The summed E-state index contributed by atoms with van der Waals surface area (Å²) in [5.41, 5.74) is 2.85. The van der Waals surface area contributed by atoms with Crippen molar-refractivity contribution < 1.29 is 9.59 Å². The molecule has 3 rings (SSSR count). The van der Waals surface area contributed by atoms with E-state index in [9.17, 15) is 9.59 Å². The number of thiazole rings is 1. The number of likely N-dealkylation sites (tertiary alicyclic amines) is 1. The predicted octanol–water partition coefficient (Wildman–Crippen LogP) is 2.48. The molecule has 1 saturated heterocycles. The van der Waals surface area contributed by atoms with Gasteiger partial charge in [-0.3, -0.25) is 14.5 Å². The van der Waals surface area contributed by atoms with Crippen LogP contribution in [0.5, 0.6) is 0 Å². The van der Waals surface area contributed by atoms with Gasteiger partial charge < -0.3 is 15.5 Å². The normalized spacial score (nSPS) is 15.3. The quantitative estimate of drug-likeness (QED) is 0.674. The van der Waals surface area contributed by atoms with E-state index in [1.807, 2.05) is 50.2 Å². The van der Waals surface area contributed by atoms with Gasteiger partial charge in [-0.25, -0.2) is 4.98 Å². The van der Waals surface area contributed by atoms with Gasteiger partial charge in [0.25, 0.3) is 0 Å². The average molecular weight is 430 g/mol. The fraction of sp³-hybridized carbons (Fsp3) is 0.500.